The number of nitrogens with zero attached hydrogens (tertiary/aromatic N) is 4. The molecule has 7 nitrogen and oxygen atoms in total. The summed E-state index contributed by atoms with van der Waals surface area (Å²) in [4.78, 5) is 18.7. The van der Waals surface area contributed by atoms with E-state index in [0.717, 1.165) is 0 Å². The summed E-state index contributed by atoms with van der Waals surface area (Å²) in [6.45, 7) is 2.63. The second kappa shape index (κ2) is 8.29. The molecule has 0 aromatic carbocycles. The minimum Gasteiger partial charge on any atom is -0.492 e. The second-order valence-electron chi connectivity index (χ2n) is 8.27. The number of carbonyl (C=O) groups is 1. The van der Waals surface area contributed by atoms with Crippen molar-refractivity contribution in [3.63, 3.8) is 0 Å². The highest BCUT2D eigenvalue weighted by atomic mass is 19.3. The summed E-state index contributed by atoms with van der Waals surface area (Å²) < 4.78 is 36.2. The van der Waals surface area contributed by atoms with Gasteiger partial charge in [-0.1, -0.05) is 0 Å². The number of aromatic nitrogens is 3. The number of carbonyl (C=O) groups excluding carboxylic acids is 1. The fourth-order valence-corrected chi connectivity index (χ4v) is 3.64. The van der Waals surface area contributed by atoms with Gasteiger partial charge in [-0.3, -0.25) is 14.4 Å². The van der Waals surface area contributed by atoms with Gasteiger partial charge in [0.2, 0.25) is 5.91 Å². The van der Waals surface area contributed by atoms with E-state index in [2.05, 4.69) is 15.4 Å². The Hall–Kier alpha value is -2.55. The quantitative estimate of drug-likeness (QED) is 0.747. The van der Waals surface area contributed by atoms with Crippen molar-refractivity contribution in [1.82, 2.24) is 19.7 Å². The van der Waals surface area contributed by atoms with Crippen molar-refractivity contribution in [2.45, 2.75) is 44.1 Å². The Morgan fingerprint density at radius 2 is 2.17 bits per heavy atom. The molecule has 1 saturated carbocycles. The van der Waals surface area contributed by atoms with Crippen molar-refractivity contribution in [2.75, 3.05) is 25.0 Å². The first-order chi connectivity index (χ1) is 14.3. The molecule has 1 aliphatic heterocycles. The van der Waals surface area contributed by atoms with Crippen LogP contribution in [0, 0.1) is 5.92 Å². The Balaban J connectivity index is 1.35. The number of likely N-dealkylation sites (tertiary alicyclic amines) is 1. The third kappa shape index (κ3) is 4.77. The van der Waals surface area contributed by atoms with Crippen molar-refractivity contribution in [3.05, 3.63) is 36.3 Å². The van der Waals surface area contributed by atoms with E-state index in [-0.39, 0.29) is 25.4 Å². The summed E-state index contributed by atoms with van der Waals surface area (Å²) in [7, 11) is 1.70. The van der Waals surface area contributed by atoms with Gasteiger partial charge in [0.25, 0.3) is 5.92 Å². The molecule has 1 N–H and O–H groups in total. The molecule has 0 bridgehead atoms. The monoisotopic (exact) mass is 419 g/mol. The summed E-state index contributed by atoms with van der Waals surface area (Å²) in [5.74, 6) is -2.43. The van der Waals surface area contributed by atoms with Gasteiger partial charge in [-0.2, -0.15) is 5.10 Å². The first-order valence-electron chi connectivity index (χ1n) is 10.3. The van der Waals surface area contributed by atoms with Crippen LogP contribution in [-0.4, -0.2) is 57.2 Å². The van der Waals surface area contributed by atoms with Crippen LogP contribution in [-0.2, 0) is 11.8 Å². The summed E-state index contributed by atoms with van der Waals surface area (Å²) in [6, 6.07) is 4.51. The fourth-order valence-electron chi connectivity index (χ4n) is 3.64. The van der Waals surface area contributed by atoms with Crippen molar-refractivity contribution < 1.29 is 18.3 Å². The first kappa shape index (κ1) is 20.7. The van der Waals surface area contributed by atoms with Crippen LogP contribution in [0.15, 0.2) is 30.6 Å². The van der Waals surface area contributed by atoms with Crippen LogP contribution >= 0.6 is 0 Å². The third-order valence-electron chi connectivity index (χ3n) is 5.85. The zero-order chi connectivity index (χ0) is 21.3. The lowest BCUT2D eigenvalue weighted by Gasteiger charge is -2.39. The Kier molecular flexibility index (Phi) is 5.73. The van der Waals surface area contributed by atoms with E-state index < -0.39 is 17.9 Å². The topological polar surface area (TPSA) is 72.3 Å². The molecule has 0 unspecified atom stereocenters. The Morgan fingerprint density at radius 1 is 1.37 bits per heavy atom. The highest BCUT2D eigenvalue weighted by Gasteiger charge is 2.47. The minimum atomic E-state index is -2.85. The maximum absolute atomic E-state index is 14.5. The Bertz CT molecular complexity index is 882. The normalized spacial score (nSPS) is 22.5. The molecule has 1 amide bonds. The van der Waals surface area contributed by atoms with Crippen molar-refractivity contribution >= 4 is 11.7 Å². The lowest BCUT2D eigenvalue weighted by molar-refractivity contribution is -0.125. The molecule has 4 rings (SSSR count). The lowest BCUT2D eigenvalue weighted by atomic mass is 9.90. The molecule has 2 atom stereocenters. The molecule has 1 aliphatic carbocycles. The molecule has 2 aliphatic rings. The molecule has 2 aromatic heterocycles. The van der Waals surface area contributed by atoms with E-state index in [0.29, 0.717) is 29.8 Å². The minimum absolute atomic E-state index is 0.0694. The number of aryl methyl sites for hydroxylation is 1. The first-order valence-corrected chi connectivity index (χ1v) is 10.3. The van der Waals surface area contributed by atoms with Crippen molar-refractivity contribution in [2.24, 2.45) is 13.0 Å². The smallest absolute Gasteiger partial charge is 0.258 e. The molecule has 162 valence electrons. The average molecular weight is 419 g/mol. The van der Waals surface area contributed by atoms with Gasteiger partial charge in [-0.15, -0.1) is 0 Å². The van der Waals surface area contributed by atoms with Crippen molar-refractivity contribution in [1.29, 1.82) is 0 Å². The number of piperidine rings is 1. The van der Waals surface area contributed by atoms with Crippen LogP contribution in [0.2, 0.25) is 0 Å². The average Bonchev–Trinajstić information content (AvgIpc) is 3.46. The summed E-state index contributed by atoms with van der Waals surface area (Å²) in [6.07, 6.45) is 5.36. The van der Waals surface area contributed by atoms with Gasteiger partial charge in [-0.05, 0) is 43.9 Å². The van der Waals surface area contributed by atoms with E-state index >= 15 is 0 Å². The number of halogens is 2. The van der Waals surface area contributed by atoms with E-state index in [1.807, 2.05) is 0 Å². The molecule has 0 spiro atoms. The van der Waals surface area contributed by atoms with E-state index in [1.165, 1.54) is 17.5 Å². The maximum atomic E-state index is 14.5. The fraction of sp³-hybridized carbons (Fsp3) is 0.571. The third-order valence-corrected chi connectivity index (χ3v) is 5.85. The number of hydrogen-bond donors (Lipinski definition) is 1. The predicted octanol–water partition coefficient (Wildman–Crippen LogP) is 3.06. The van der Waals surface area contributed by atoms with E-state index in [9.17, 15) is 13.6 Å². The molecule has 30 heavy (non-hydrogen) atoms. The molecule has 0 radical (unpaired) electrons. The molecule has 1 saturated heterocycles. The number of amides is 1. The maximum Gasteiger partial charge on any atom is 0.258 e. The summed E-state index contributed by atoms with van der Waals surface area (Å²) in [5.41, 5.74) is 0.350. The Morgan fingerprint density at radius 3 is 2.80 bits per heavy atom. The van der Waals surface area contributed by atoms with Crippen molar-refractivity contribution in [3.8, 4) is 5.75 Å². The summed E-state index contributed by atoms with van der Waals surface area (Å²) >= 11 is 0. The van der Waals surface area contributed by atoms with Gasteiger partial charge in [0.05, 0.1) is 30.5 Å². The highest BCUT2D eigenvalue weighted by molar-refractivity contribution is 5.93. The molecule has 2 aromatic rings. The highest BCUT2D eigenvalue weighted by Crippen LogP contribution is 2.40. The number of rotatable bonds is 7. The molecular weight excluding hydrogens is 392 g/mol. The van der Waals surface area contributed by atoms with Gasteiger partial charge in [-0.25, -0.2) is 13.8 Å². The Labute approximate surface area is 174 Å². The molecule has 9 heteroatoms. The lowest BCUT2D eigenvalue weighted by Crippen LogP contribution is -2.52. The summed E-state index contributed by atoms with van der Waals surface area (Å²) in [5, 5.41) is 6.93. The van der Waals surface area contributed by atoms with Crippen LogP contribution < -0.4 is 10.1 Å². The SMILES string of the molecule is C[C@@H](C(=O)Nc1ccc(OCC2CC2)cn1)N1CCC(F)(F)[C@H](c2ccn(C)n2)C1. The van der Waals surface area contributed by atoms with Gasteiger partial charge in [0, 0.05) is 32.8 Å². The van der Waals surface area contributed by atoms with Gasteiger partial charge >= 0.3 is 0 Å². The molecule has 3 heterocycles. The zero-order valence-electron chi connectivity index (χ0n) is 17.2. The second-order valence-corrected chi connectivity index (χ2v) is 8.27. The zero-order valence-corrected chi connectivity index (χ0v) is 17.2. The number of pyridine rings is 1. The standard InChI is InChI=1S/C21H27F2N5O2/c1-14(20(29)25-19-6-5-16(11-24-19)30-13-15-3-4-15)28-10-8-21(22,23)17(12-28)18-7-9-27(2)26-18/h5-7,9,11,14-15,17H,3-4,8,10,12-13H2,1-2H3,(H,24,25,29)/t14-,17-/m0/s1. The number of ether oxygens (including phenoxy) is 1. The predicted molar refractivity (Wildman–Crippen MR) is 108 cm³/mol. The van der Waals surface area contributed by atoms with Crippen LogP contribution in [0.3, 0.4) is 0 Å². The molecular formula is C21H27F2N5O2. The van der Waals surface area contributed by atoms with E-state index in [1.54, 1.807) is 49.5 Å². The van der Waals surface area contributed by atoms with Gasteiger partial charge in [0.15, 0.2) is 0 Å². The van der Waals surface area contributed by atoms with Crippen LogP contribution in [0.1, 0.15) is 37.8 Å². The number of hydrogen-bond acceptors (Lipinski definition) is 5. The van der Waals surface area contributed by atoms with Gasteiger partial charge < -0.3 is 10.1 Å². The van der Waals surface area contributed by atoms with Crippen LogP contribution in [0.25, 0.3) is 0 Å². The number of anilines is 1. The van der Waals surface area contributed by atoms with E-state index in [4.69, 9.17) is 4.74 Å². The molecule has 2 fully saturated rings. The van der Waals surface area contributed by atoms with Crippen LogP contribution in [0.5, 0.6) is 5.75 Å². The van der Waals surface area contributed by atoms with Gasteiger partial charge in [0.1, 0.15) is 11.6 Å². The largest absolute Gasteiger partial charge is 0.492 e. The van der Waals surface area contributed by atoms with Crippen LogP contribution in [0.4, 0.5) is 14.6 Å². The number of nitrogens with one attached hydrogen (secondary N) is 1. The number of alkyl halides is 2.